The van der Waals surface area contributed by atoms with Crippen molar-refractivity contribution >= 4 is 23.4 Å². The van der Waals surface area contributed by atoms with E-state index in [1.54, 1.807) is 11.8 Å². The summed E-state index contributed by atoms with van der Waals surface area (Å²) in [6.45, 7) is 6.05. The molecule has 0 heterocycles. The number of rotatable bonds is 5. The fourth-order valence-electron chi connectivity index (χ4n) is 2.37. The first-order valence-corrected chi connectivity index (χ1v) is 8.36. The van der Waals surface area contributed by atoms with Crippen LogP contribution < -0.4 is 10.1 Å². The third kappa shape index (κ3) is 4.28. The second kappa shape index (κ2) is 7.36. The fraction of sp³-hybridized carbons (Fsp3) is 0.278. The van der Waals surface area contributed by atoms with Gasteiger partial charge in [-0.2, -0.15) is 0 Å². The molecule has 0 radical (unpaired) electrons. The molecule has 0 unspecified atom stereocenters. The van der Waals surface area contributed by atoms with Crippen LogP contribution in [0.1, 0.15) is 16.7 Å². The molecule has 0 aliphatic carbocycles. The molecule has 116 valence electrons. The van der Waals surface area contributed by atoms with Crippen molar-refractivity contribution in [2.24, 2.45) is 0 Å². The number of ether oxygens (including phenoxy) is 1. The van der Waals surface area contributed by atoms with Crippen molar-refractivity contribution in [1.29, 1.82) is 0 Å². The molecule has 3 nitrogen and oxygen atoms in total. The summed E-state index contributed by atoms with van der Waals surface area (Å²) in [6.07, 6.45) is 2.02. The molecule has 0 spiro atoms. The lowest BCUT2D eigenvalue weighted by Gasteiger charge is -2.13. The topological polar surface area (TPSA) is 38.3 Å². The Morgan fingerprint density at radius 3 is 2.23 bits per heavy atom. The van der Waals surface area contributed by atoms with Gasteiger partial charge < -0.3 is 10.1 Å². The number of thioether (sulfide) groups is 1. The molecule has 0 aromatic heterocycles. The minimum atomic E-state index is -0.149. The monoisotopic (exact) mass is 315 g/mol. The minimum absolute atomic E-state index is 0.00533. The Labute approximate surface area is 136 Å². The van der Waals surface area contributed by atoms with Gasteiger partial charge in [-0.1, -0.05) is 17.7 Å². The van der Waals surface area contributed by atoms with E-state index in [0.717, 1.165) is 16.8 Å². The van der Waals surface area contributed by atoms with Crippen LogP contribution >= 0.6 is 11.8 Å². The van der Waals surface area contributed by atoms with Gasteiger partial charge in [0.25, 0.3) is 5.91 Å². The predicted molar refractivity (Wildman–Crippen MR) is 93.0 cm³/mol. The van der Waals surface area contributed by atoms with E-state index >= 15 is 0 Å². The molecule has 1 amide bonds. The molecule has 2 aromatic rings. The van der Waals surface area contributed by atoms with Gasteiger partial charge in [-0.05, 0) is 62.4 Å². The maximum atomic E-state index is 12.1. The first-order chi connectivity index (χ1) is 10.5. The van der Waals surface area contributed by atoms with Gasteiger partial charge in [0, 0.05) is 10.6 Å². The van der Waals surface area contributed by atoms with Gasteiger partial charge in [0.05, 0.1) is 0 Å². The highest BCUT2D eigenvalue weighted by Gasteiger charge is 2.09. The molecule has 2 aromatic carbocycles. The number of nitrogens with one attached hydrogen (secondary N) is 1. The number of hydrogen-bond acceptors (Lipinski definition) is 3. The maximum Gasteiger partial charge on any atom is 0.262 e. The van der Waals surface area contributed by atoms with Crippen molar-refractivity contribution in [3.63, 3.8) is 0 Å². The van der Waals surface area contributed by atoms with Crippen molar-refractivity contribution in [3.05, 3.63) is 53.1 Å². The molecule has 0 atom stereocenters. The lowest BCUT2D eigenvalue weighted by Crippen LogP contribution is -2.21. The highest BCUT2D eigenvalue weighted by Crippen LogP contribution is 2.22. The van der Waals surface area contributed by atoms with E-state index in [0.29, 0.717) is 5.75 Å². The molecule has 0 aliphatic rings. The molecule has 0 bridgehead atoms. The van der Waals surface area contributed by atoms with Crippen LogP contribution in [0.4, 0.5) is 5.69 Å². The minimum Gasteiger partial charge on any atom is -0.484 e. The lowest BCUT2D eigenvalue weighted by atomic mass is 10.1. The summed E-state index contributed by atoms with van der Waals surface area (Å²) in [5, 5.41) is 2.93. The van der Waals surface area contributed by atoms with Gasteiger partial charge in [0.2, 0.25) is 0 Å². The van der Waals surface area contributed by atoms with E-state index in [9.17, 15) is 4.79 Å². The second-order valence-corrected chi connectivity index (χ2v) is 6.17. The average molecular weight is 315 g/mol. The highest BCUT2D eigenvalue weighted by atomic mass is 32.2. The van der Waals surface area contributed by atoms with Crippen molar-refractivity contribution in [2.45, 2.75) is 25.7 Å². The number of anilines is 1. The van der Waals surface area contributed by atoms with Crippen LogP contribution in [0.25, 0.3) is 0 Å². The molecule has 22 heavy (non-hydrogen) atoms. The van der Waals surface area contributed by atoms with E-state index in [4.69, 9.17) is 4.74 Å². The number of aryl methyl sites for hydroxylation is 3. The zero-order chi connectivity index (χ0) is 16.1. The van der Waals surface area contributed by atoms with Gasteiger partial charge in [-0.3, -0.25) is 4.79 Å². The zero-order valence-electron chi connectivity index (χ0n) is 13.4. The van der Waals surface area contributed by atoms with E-state index in [1.165, 1.54) is 10.5 Å². The summed E-state index contributed by atoms with van der Waals surface area (Å²) in [5.41, 5.74) is 4.19. The molecule has 2 rings (SSSR count). The summed E-state index contributed by atoms with van der Waals surface area (Å²) in [4.78, 5) is 13.2. The van der Waals surface area contributed by atoms with E-state index in [-0.39, 0.29) is 12.5 Å². The van der Waals surface area contributed by atoms with Crippen LogP contribution in [0.2, 0.25) is 0 Å². The van der Waals surface area contributed by atoms with Gasteiger partial charge in [0.15, 0.2) is 6.61 Å². The molecule has 1 N–H and O–H groups in total. The zero-order valence-corrected chi connectivity index (χ0v) is 14.2. The Balaban J connectivity index is 1.95. The molecule has 0 aliphatic heterocycles. The maximum absolute atomic E-state index is 12.1. The third-order valence-electron chi connectivity index (χ3n) is 3.37. The van der Waals surface area contributed by atoms with Gasteiger partial charge in [-0.15, -0.1) is 11.8 Å². The average Bonchev–Trinajstić information content (AvgIpc) is 2.49. The smallest absolute Gasteiger partial charge is 0.262 e. The summed E-state index contributed by atoms with van der Waals surface area (Å²) < 4.78 is 5.52. The van der Waals surface area contributed by atoms with Crippen LogP contribution in [0.15, 0.2) is 41.3 Å². The molecule has 0 saturated heterocycles. The summed E-state index contributed by atoms with van der Waals surface area (Å²) in [7, 11) is 0. The van der Waals surface area contributed by atoms with Crippen LogP contribution in [-0.2, 0) is 4.79 Å². The van der Waals surface area contributed by atoms with E-state index in [2.05, 4.69) is 17.4 Å². The van der Waals surface area contributed by atoms with Crippen LogP contribution in [0.3, 0.4) is 0 Å². The first kappa shape index (κ1) is 16.4. The standard InChI is InChI=1S/C18H21NO2S/c1-12-9-13(2)18(14(3)10-12)19-17(20)11-21-15-5-7-16(22-4)8-6-15/h5-10H,11H2,1-4H3,(H,19,20). The van der Waals surface area contributed by atoms with Crippen molar-refractivity contribution < 1.29 is 9.53 Å². The normalized spacial score (nSPS) is 10.4. The first-order valence-electron chi connectivity index (χ1n) is 7.14. The van der Waals surface area contributed by atoms with Crippen molar-refractivity contribution in [1.82, 2.24) is 0 Å². The fourth-order valence-corrected chi connectivity index (χ4v) is 2.78. The Morgan fingerprint density at radius 1 is 1.09 bits per heavy atom. The van der Waals surface area contributed by atoms with Crippen LogP contribution in [-0.4, -0.2) is 18.8 Å². The van der Waals surface area contributed by atoms with Gasteiger partial charge in [0.1, 0.15) is 5.75 Å². The molecule has 4 heteroatoms. The Bertz CT molecular complexity index is 642. The third-order valence-corrected chi connectivity index (χ3v) is 4.11. The van der Waals surface area contributed by atoms with Crippen LogP contribution in [0.5, 0.6) is 5.75 Å². The Kier molecular flexibility index (Phi) is 5.50. The highest BCUT2D eigenvalue weighted by molar-refractivity contribution is 7.98. The second-order valence-electron chi connectivity index (χ2n) is 5.29. The molecular formula is C18H21NO2S. The summed E-state index contributed by atoms with van der Waals surface area (Å²) >= 11 is 1.67. The SMILES string of the molecule is CSc1ccc(OCC(=O)Nc2c(C)cc(C)cc2C)cc1. The summed E-state index contributed by atoms with van der Waals surface area (Å²) in [6, 6.07) is 11.8. The molecular weight excluding hydrogens is 294 g/mol. The Hall–Kier alpha value is -1.94. The molecule has 0 fully saturated rings. The quantitative estimate of drug-likeness (QED) is 0.834. The largest absolute Gasteiger partial charge is 0.484 e. The summed E-state index contributed by atoms with van der Waals surface area (Å²) in [5.74, 6) is 0.550. The molecule has 0 saturated carbocycles. The van der Waals surface area contributed by atoms with Crippen molar-refractivity contribution in [3.8, 4) is 5.75 Å². The number of benzene rings is 2. The number of amides is 1. The van der Waals surface area contributed by atoms with E-state index in [1.807, 2.05) is 51.3 Å². The lowest BCUT2D eigenvalue weighted by molar-refractivity contribution is -0.118. The van der Waals surface area contributed by atoms with Gasteiger partial charge >= 0.3 is 0 Å². The van der Waals surface area contributed by atoms with Crippen molar-refractivity contribution in [2.75, 3.05) is 18.2 Å². The predicted octanol–water partition coefficient (Wildman–Crippen LogP) is 4.35. The number of hydrogen-bond donors (Lipinski definition) is 1. The Morgan fingerprint density at radius 2 is 1.68 bits per heavy atom. The van der Waals surface area contributed by atoms with Crippen LogP contribution in [0, 0.1) is 20.8 Å². The number of carbonyl (C=O) groups excluding carboxylic acids is 1. The number of carbonyl (C=O) groups is 1. The van der Waals surface area contributed by atoms with E-state index < -0.39 is 0 Å². The van der Waals surface area contributed by atoms with Gasteiger partial charge in [-0.25, -0.2) is 0 Å².